The van der Waals surface area contributed by atoms with Gasteiger partial charge in [0.15, 0.2) is 0 Å². The van der Waals surface area contributed by atoms with Crippen LogP contribution >= 0.6 is 0 Å². The molecule has 0 bridgehead atoms. The van der Waals surface area contributed by atoms with Crippen LogP contribution in [0.5, 0.6) is 0 Å². The molecule has 1 aromatic heterocycles. The maximum atomic E-state index is 12.1. The van der Waals surface area contributed by atoms with Crippen LogP contribution in [-0.2, 0) is 20.8 Å². The normalized spacial score (nSPS) is 12.2. The largest absolute Gasteiger partial charge is 0.480 e. The SMILES string of the molecule is Cc1cccc2c(CC(=O)NCC(=O)N[C@@H](CC(C)C)C(=O)O)c[nH]c12. The smallest absolute Gasteiger partial charge is 0.326 e. The van der Waals surface area contributed by atoms with Crippen LogP contribution in [-0.4, -0.2) is 40.5 Å². The number of carbonyl (C=O) groups is 3. The van der Waals surface area contributed by atoms with Crippen molar-refractivity contribution in [1.29, 1.82) is 0 Å². The number of aromatic nitrogens is 1. The number of hydrogen-bond acceptors (Lipinski definition) is 3. The average Bonchev–Trinajstić information content (AvgIpc) is 2.96. The maximum Gasteiger partial charge on any atom is 0.326 e. The Morgan fingerprint density at radius 3 is 2.58 bits per heavy atom. The lowest BCUT2D eigenvalue weighted by molar-refractivity contribution is -0.142. The second-order valence-corrected chi connectivity index (χ2v) is 6.85. The minimum Gasteiger partial charge on any atom is -0.480 e. The number of carboxylic acids is 1. The number of amides is 2. The van der Waals surface area contributed by atoms with Crippen molar-refractivity contribution in [3.8, 4) is 0 Å². The summed E-state index contributed by atoms with van der Waals surface area (Å²) < 4.78 is 0. The van der Waals surface area contributed by atoms with Gasteiger partial charge in [-0.05, 0) is 30.4 Å². The topological polar surface area (TPSA) is 111 Å². The van der Waals surface area contributed by atoms with E-state index in [0.29, 0.717) is 6.42 Å². The number of hydrogen-bond donors (Lipinski definition) is 4. The number of rotatable bonds is 8. The van der Waals surface area contributed by atoms with Crippen molar-refractivity contribution in [3.05, 3.63) is 35.5 Å². The van der Waals surface area contributed by atoms with E-state index in [9.17, 15) is 14.4 Å². The van der Waals surface area contributed by atoms with Crippen LogP contribution < -0.4 is 10.6 Å². The summed E-state index contributed by atoms with van der Waals surface area (Å²) in [5, 5.41) is 15.1. The molecule has 0 spiro atoms. The number of carboxylic acid groups (broad SMARTS) is 1. The molecule has 2 aromatic rings. The van der Waals surface area contributed by atoms with Gasteiger partial charge in [-0.1, -0.05) is 32.0 Å². The fourth-order valence-corrected chi connectivity index (χ4v) is 2.86. The summed E-state index contributed by atoms with van der Waals surface area (Å²) in [4.78, 5) is 38.4. The number of nitrogens with one attached hydrogen (secondary N) is 3. The van der Waals surface area contributed by atoms with Crippen molar-refractivity contribution in [1.82, 2.24) is 15.6 Å². The predicted octanol–water partition coefficient (Wildman–Crippen LogP) is 1.75. The standard InChI is InChI=1S/C19H25N3O4/c1-11(2)7-15(19(25)26)22-17(24)10-20-16(23)8-13-9-21-18-12(3)5-4-6-14(13)18/h4-6,9,11,15,21H,7-8,10H2,1-3H3,(H,20,23)(H,22,24)(H,25,26)/t15-/m0/s1. The first kappa shape index (κ1) is 19.5. The molecule has 1 aromatic carbocycles. The molecule has 2 amide bonds. The second kappa shape index (κ2) is 8.51. The highest BCUT2D eigenvalue weighted by Crippen LogP contribution is 2.21. The van der Waals surface area contributed by atoms with E-state index < -0.39 is 17.9 Å². The van der Waals surface area contributed by atoms with Crippen molar-refractivity contribution < 1.29 is 19.5 Å². The Morgan fingerprint density at radius 1 is 1.19 bits per heavy atom. The lowest BCUT2D eigenvalue weighted by Gasteiger charge is -2.16. The average molecular weight is 359 g/mol. The van der Waals surface area contributed by atoms with Crippen molar-refractivity contribution >= 4 is 28.7 Å². The van der Waals surface area contributed by atoms with Gasteiger partial charge in [-0.25, -0.2) is 4.79 Å². The first-order chi connectivity index (χ1) is 12.3. The van der Waals surface area contributed by atoms with Gasteiger partial charge in [0.2, 0.25) is 11.8 Å². The zero-order chi connectivity index (χ0) is 19.3. The number of carbonyl (C=O) groups excluding carboxylic acids is 2. The molecular weight excluding hydrogens is 334 g/mol. The van der Waals surface area contributed by atoms with Crippen LogP contribution in [0.3, 0.4) is 0 Å². The molecule has 2 rings (SSSR count). The van der Waals surface area contributed by atoms with Gasteiger partial charge >= 0.3 is 5.97 Å². The van der Waals surface area contributed by atoms with Crippen molar-refractivity contribution in [3.63, 3.8) is 0 Å². The highest BCUT2D eigenvalue weighted by Gasteiger charge is 2.21. The zero-order valence-electron chi connectivity index (χ0n) is 15.3. The summed E-state index contributed by atoms with van der Waals surface area (Å²) in [6.07, 6.45) is 2.27. The van der Waals surface area contributed by atoms with Gasteiger partial charge in [0.25, 0.3) is 0 Å². The molecule has 0 radical (unpaired) electrons. The summed E-state index contributed by atoms with van der Waals surface area (Å²) in [7, 11) is 0. The minimum absolute atomic E-state index is 0.135. The van der Waals surface area contributed by atoms with E-state index in [1.165, 1.54) is 0 Å². The fourth-order valence-electron chi connectivity index (χ4n) is 2.86. The Bertz CT molecular complexity index is 810. The first-order valence-electron chi connectivity index (χ1n) is 8.62. The number of aromatic amines is 1. The van der Waals surface area contributed by atoms with Crippen molar-refractivity contribution in [2.24, 2.45) is 5.92 Å². The van der Waals surface area contributed by atoms with Crippen molar-refractivity contribution in [2.75, 3.05) is 6.54 Å². The van der Waals surface area contributed by atoms with Crippen LogP contribution in [0.15, 0.2) is 24.4 Å². The number of aliphatic carboxylic acids is 1. The monoisotopic (exact) mass is 359 g/mol. The minimum atomic E-state index is -1.08. The molecule has 0 aliphatic heterocycles. The summed E-state index contributed by atoms with van der Waals surface area (Å²) >= 11 is 0. The number of H-pyrrole nitrogens is 1. The lowest BCUT2D eigenvalue weighted by atomic mass is 10.0. The molecule has 1 heterocycles. The predicted molar refractivity (Wildman–Crippen MR) is 98.8 cm³/mol. The molecule has 7 heteroatoms. The van der Waals surface area contributed by atoms with Gasteiger partial charge in [0.05, 0.1) is 13.0 Å². The molecule has 0 saturated heterocycles. The summed E-state index contributed by atoms with van der Waals surface area (Å²) in [5.74, 6) is -1.75. The summed E-state index contributed by atoms with van der Waals surface area (Å²) in [6.45, 7) is 5.50. The van der Waals surface area contributed by atoms with Crippen LogP contribution in [0, 0.1) is 12.8 Å². The number of benzene rings is 1. The van der Waals surface area contributed by atoms with Gasteiger partial charge in [0.1, 0.15) is 6.04 Å². The van der Waals surface area contributed by atoms with Crippen LogP contribution in [0.4, 0.5) is 0 Å². The van der Waals surface area contributed by atoms with E-state index >= 15 is 0 Å². The van der Waals surface area contributed by atoms with Gasteiger partial charge in [0, 0.05) is 17.1 Å². The molecular formula is C19H25N3O4. The van der Waals surface area contributed by atoms with Crippen molar-refractivity contribution in [2.45, 2.75) is 39.7 Å². The van der Waals surface area contributed by atoms with Crippen LogP contribution in [0.1, 0.15) is 31.4 Å². The van der Waals surface area contributed by atoms with E-state index in [-0.39, 0.29) is 24.8 Å². The molecule has 0 saturated carbocycles. The van der Waals surface area contributed by atoms with Crippen LogP contribution in [0.25, 0.3) is 10.9 Å². The highest BCUT2D eigenvalue weighted by molar-refractivity contribution is 5.92. The van der Waals surface area contributed by atoms with E-state index in [0.717, 1.165) is 22.0 Å². The van der Waals surface area contributed by atoms with E-state index in [1.54, 1.807) is 6.20 Å². The second-order valence-electron chi connectivity index (χ2n) is 6.85. The maximum absolute atomic E-state index is 12.1. The summed E-state index contributed by atoms with van der Waals surface area (Å²) in [6, 6.07) is 4.91. The van der Waals surface area contributed by atoms with Gasteiger partial charge in [-0.3, -0.25) is 9.59 Å². The molecule has 0 fully saturated rings. The van der Waals surface area contributed by atoms with E-state index in [1.807, 2.05) is 39.0 Å². The Labute approximate surface area is 152 Å². The Balaban J connectivity index is 1.88. The van der Waals surface area contributed by atoms with Gasteiger partial charge in [-0.2, -0.15) is 0 Å². The quantitative estimate of drug-likeness (QED) is 0.575. The van der Waals surface area contributed by atoms with Gasteiger partial charge < -0.3 is 20.7 Å². The molecule has 0 unspecified atom stereocenters. The van der Waals surface area contributed by atoms with Crippen LogP contribution in [0.2, 0.25) is 0 Å². The van der Waals surface area contributed by atoms with Gasteiger partial charge in [-0.15, -0.1) is 0 Å². The summed E-state index contributed by atoms with van der Waals surface area (Å²) in [5.41, 5.74) is 2.94. The molecule has 140 valence electrons. The number of fused-ring (bicyclic) bond motifs is 1. The molecule has 0 aliphatic rings. The molecule has 0 aliphatic carbocycles. The third-order valence-corrected chi connectivity index (χ3v) is 4.15. The Kier molecular flexibility index (Phi) is 6.38. The Morgan fingerprint density at radius 2 is 1.92 bits per heavy atom. The zero-order valence-corrected chi connectivity index (χ0v) is 15.3. The first-order valence-corrected chi connectivity index (χ1v) is 8.62. The molecule has 1 atom stereocenters. The number of aryl methyl sites for hydroxylation is 1. The van der Waals surface area contributed by atoms with E-state index in [4.69, 9.17) is 5.11 Å². The van der Waals surface area contributed by atoms with E-state index in [2.05, 4.69) is 15.6 Å². The third-order valence-electron chi connectivity index (χ3n) is 4.15. The Hall–Kier alpha value is -2.83. The number of para-hydroxylation sites is 1. The molecule has 26 heavy (non-hydrogen) atoms. The third kappa shape index (κ3) is 5.08. The fraction of sp³-hybridized carbons (Fsp3) is 0.421. The molecule has 4 N–H and O–H groups in total. The molecule has 7 nitrogen and oxygen atoms in total. The lowest BCUT2D eigenvalue weighted by Crippen LogP contribution is -2.46. The highest BCUT2D eigenvalue weighted by atomic mass is 16.4.